The quantitative estimate of drug-likeness (QED) is 0.278. The van der Waals surface area contributed by atoms with Crippen LogP contribution >= 0.6 is 0 Å². The van der Waals surface area contributed by atoms with Crippen molar-refractivity contribution in [1.82, 2.24) is 14.9 Å². The molecule has 0 radical (unpaired) electrons. The second-order valence-corrected chi connectivity index (χ2v) is 13.1. The van der Waals surface area contributed by atoms with Gasteiger partial charge in [-0.25, -0.2) is 13.4 Å². The second kappa shape index (κ2) is 11.0. The molecule has 42 heavy (non-hydrogen) atoms. The Kier molecular flexibility index (Phi) is 7.36. The summed E-state index contributed by atoms with van der Waals surface area (Å²) in [5, 5.41) is 0.944. The van der Waals surface area contributed by atoms with Gasteiger partial charge in [-0.05, 0) is 69.3 Å². The van der Waals surface area contributed by atoms with Gasteiger partial charge in [-0.3, -0.25) is 14.5 Å². The topological polar surface area (TPSA) is 105 Å². The van der Waals surface area contributed by atoms with Gasteiger partial charge in [-0.2, -0.15) is 0 Å². The van der Waals surface area contributed by atoms with E-state index in [4.69, 9.17) is 9.72 Å². The minimum atomic E-state index is -3.88. The molecule has 2 aromatic carbocycles. The highest BCUT2D eigenvalue weighted by Crippen LogP contribution is 2.50. The van der Waals surface area contributed by atoms with Crippen LogP contribution in [0.5, 0.6) is 5.88 Å². The lowest BCUT2D eigenvalue weighted by Gasteiger charge is -2.23. The first kappa shape index (κ1) is 28.1. The van der Waals surface area contributed by atoms with Crippen molar-refractivity contribution in [2.45, 2.75) is 36.0 Å². The molecule has 1 N–H and O–H groups in total. The van der Waals surface area contributed by atoms with Crippen LogP contribution in [0.4, 0.5) is 11.4 Å². The molecule has 4 aromatic rings. The standard InChI is InChI=1S/C32H35N5O4S/c1-36(2)15-8-16-41-31-27(35-42(39,40)24-9-5-4-6-10-24)18-23(19-34-31)22-12-13-26-25(17-22)30-28(20-33-26)37(3)21-32(30)14-7-11-29(32)38/h4-6,9-10,12-13,17-20,35H,7-8,11,14-16,21H2,1-3H3. The normalized spacial score (nSPS) is 18.3. The molecule has 0 amide bonds. The fraction of sp³-hybridized carbons (Fsp3) is 0.344. The number of likely N-dealkylation sites (N-methyl/N-ethyl adjacent to an activating group) is 1. The van der Waals surface area contributed by atoms with E-state index in [0.717, 1.165) is 59.1 Å². The van der Waals surface area contributed by atoms with Gasteiger partial charge in [-0.15, -0.1) is 0 Å². The number of hydrogen-bond acceptors (Lipinski definition) is 8. The van der Waals surface area contributed by atoms with Crippen LogP contribution in [-0.4, -0.2) is 69.9 Å². The zero-order valence-corrected chi connectivity index (χ0v) is 24.9. The number of carbonyl (C=O) groups excluding carboxylic acids is 1. The van der Waals surface area contributed by atoms with E-state index in [-0.39, 0.29) is 16.5 Å². The molecule has 9 nitrogen and oxygen atoms in total. The van der Waals surface area contributed by atoms with Gasteiger partial charge in [0, 0.05) is 49.3 Å². The molecular formula is C32H35N5O4S. The number of rotatable bonds is 9. The summed E-state index contributed by atoms with van der Waals surface area (Å²) < 4.78 is 35.2. The Morgan fingerprint density at radius 2 is 1.86 bits per heavy atom. The van der Waals surface area contributed by atoms with Crippen molar-refractivity contribution in [1.29, 1.82) is 0 Å². The molecule has 218 valence electrons. The third-order valence-electron chi connectivity index (χ3n) is 8.26. The van der Waals surface area contributed by atoms with Crippen molar-refractivity contribution in [2.75, 3.05) is 50.5 Å². The van der Waals surface area contributed by atoms with E-state index >= 15 is 0 Å². The number of nitrogens with zero attached hydrogens (tertiary/aromatic N) is 4. The van der Waals surface area contributed by atoms with Crippen LogP contribution in [-0.2, 0) is 20.2 Å². The molecule has 1 spiro atoms. The van der Waals surface area contributed by atoms with Crippen LogP contribution in [0, 0.1) is 0 Å². The maximum Gasteiger partial charge on any atom is 0.262 e. The molecule has 2 aromatic heterocycles. The van der Waals surface area contributed by atoms with Crippen molar-refractivity contribution < 1.29 is 17.9 Å². The molecule has 2 aliphatic rings. The minimum absolute atomic E-state index is 0.150. The highest BCUT2D eigenvalue weighted by molar-refractivity contribution is 7.92. The lowest BCUT2D eigenvalue weighted by atomic mass is 9.78. The average molecular weight is 586 g/mol. The summed E-state index contributed by atoms with van der Waals surface area (Å²) in [5.41, 5.74) is 4.19. The van der Waals surface area contributed by atoms with Crippen molar-refractivity contribution >= 4 is 38.1 Å². The highest BCUT2D eigenvalue weighted by atomic mass is 32.2. The monoisotopic (exact) mass is 585 g/mol. The molecular weight excluding hydrogens is 550 g/mol. The lowest BCUT2D eigenvalue weighted by molar-refractivity contribution is -0.121. The molecule has 1 fully saturated rings. The summed E-state index contributed by atoms with van der Waals surface area (Å²) in [6.45, 7) is 1.89. The Labute approximate surface area is 246 Å². The predicted molar refractivity (Wildman–Crippen MR) is 165 cm³/mol. The summed E-state index contributed by atoms with van der Waals surface area (Å²) in [6.07, 6.45) is 6.65. The van der Waals surface area contributed by atoms with Gasteiger partial charge < -0.3 is 14.5 Å². The first-order valence-corrected chi connectivity index (χ1v) is 15.7. The van der Waals surface area contributed by atoms with Gasteiger partial charge in [0.15, 0.2) is 0 Å². The molecule has 1 aliphatic heterocycles. The molecule has 0 bridgehead atoms. The Balaban J connectivity index is 1.41. The second-order valence-electron chi connectivity index (χ2n) is 11.5. The van der Waals surface area contributed by atoms with Crippen LogP contribution < -0.4 is 14.4 Å². The average Bonchev–Trinajstić information content (AvgIpc) is 3.49. The van der Waals surface area contributed by atoms with Gasteiger partial charge in [0.05, 0.1) is 34.3 Å². The van der Waals surface area contributed by atoms with E-state index in [9.17, 15) is 13.2 Å². The van der Waals surface area contributed by atoms with Crippen molar-refractivity contribution in [3.63, 3.8) is 0 Å². The van der Waals surface area contributed by atoms with Gasteiger partial charge in [0.2, 0.25) is 5.88 Å². The molecule has 6 rings (SSSR count). The van der Waals surface area contributed by atoms with E-state index in [2.05, 4.69) is 25.6 Å². The number of nitrogens with one attached hydrogen (secondary N) is 1. The lowest BCUT2D eigenvalue weighted by Crippen LogP contribution is -2.35. The van der Waals surface area contributed by atoms with Crippen LogP contribution in [0.25, 0.3) is 22.0 Å². The fourth-order valence-electron chi connectivity index (χ4n) is 6.24. The SMILES string of the molecule is CN(C)CCCOc1ncc(-c2ccc3ncc4c(c3c2)C2(CCCC2=O)CN4C)cc1NS(=O)(=O)c1ccccc1. The first-order valence-electron chi connectivity index (χ1n) is 14.2. The number of ketones is 1. The number of ether oxygens (including phenoxy) is 1. The smallest absolute Gasteiger partial charge is 0.262 e. The van der Waals surface area contributed by atoms with Gasteiger partial charge in [-0.1, -0.05) is 24.3 Å². The molecule has 1 atom stereocenters. The Hall–Kier alpha value is -4.02. The number of Topliss-reactive ketones (excluding diaryl/α,β-unsaturated/α-hetero) is 1. The Morgan fingerprint density at radius 1 is 1.05 bits per heavy atom. The molecule has 1 aliphatic carbocycles. The van der Waals surface area contributed by atoms with Gasteiger partial charge in [0.1, 0.15) is 11.5 Å². The van der Waals surface area contributed by atoms with E-state index in [1.54, 1.807) is 42.6 Å². The maximum absolute atomic E-state index is 13.3. The zero-order valence-electron chi connectivity index (χ0n) is 24.1. The summed E-state index contributed by atoms with van der Waals surface area (Å²) in [5.74, 6) is 0.513. The summed E-state index contributed by atoms with van der Waals surface area (Å²) in [6, 6.07) is 15.9. The van der Waals surface area contributed by atoms with Gasteiger partial charge >= 0.3 is 0 Å². The summed E-state index contributed by atoms with van der Waals surface area (Å²) >= 11 is 0. The zero-order chi connectivity index (χ0) is 29.5. The third kappa shape index (κ3) is 5.09. The van der Waals surface area contributed by atoms with Gasteiger partial charge in [0.25, 0.3) is 10.0 Å². The molecule has 10 heteroatoms. The van der Waals surface area contributed by atoms with Crippen LogP contribution in [0.3, 0.4) is 0 Å². The van der Waals surface area contributed by atoms with E-state index < -0.39 is 15.4 Å². The first-order chi connectivity index (χ1) is 20.2. The number of fused-ring (bicyclic) bond motifs is 4. The number of pyridine rings is 2. The van der Waals surface area contributed by atoms with E-state index in [1.165, 1.54) is 0 Å². The molecule has 3 heterocycles. The highest BCUT2D eigenvalue weighted by Gasteiger charge is 2.50. The van der Waals surface area contributed by atoms with E-state index in [1.807, 2.05) is 39.5 Å². The summed E-state index contributed by atoms with van der Waals surface area (Å²) in [7, 11) is 2.12. The maximum atomic E-state index is 13.3. The number of carbonyl (C=O) groups is 1. The third-order valence-corrected chi connectivity index (χ3v) is 9.64. The number of hydrogen-bond donors (Lipinski definition) is 1. The number of sulfonamides is 1. The summed E-state index contributed by atoms with van der Waals surface area (Å²) in [4.78, 5) is 26.8. The largest absolute Gasteiger partial charge is 0.476 e. The van der Waals surface area contributed by atoms with Crippen molar-refractivity contribution in [2.24, 2.45) is 0 Å². The Morgan fingerprint density at radius 3 is 2.60 bits per heavy atom. The van der Waals surface area contributed by atoms with E-state index in [0.29, 0.717) is 25.4 Å². The van der Waals surface area contributed by atoms with Crippen LogP contribution in [0.1, 0.15) is 31.2 Å². The molecule has 0 saturated heterocycles. The Bertz CT molecular complexity index is 1760. The van der Waals surface area contributed by atoms with Crippen molar-refractivity contribution in [3.05, 3.63) is 72.6 Å². The molecule has 1 saturated carbocycles. The number of anilines is 2. The minimum Gasteiger partial charge on any atom is -0.476 e. The fourth-order valence-corrected chi connectivity index (χ4v) is 7.30. The van der Waals surface area contributed by atoms with Crippen LogP contribution in [0.15, 0.2) is 71.9 Å². The number of benzene rings is 2. The van der Waals surface area contributed by atoms with Crippen LogP contribution in [0.2, 0.25) is 0 Å². The predicted octanol–water partition coefficient (Wildman–Crippen LogP) is 4.87. The van der Waals surface area contributed by atoms with Crippen molar-refractivity contribution in [3.8, 4) is 17.0 Å². The number of aromatic nitrogens is 2. The molecule has 1 unspecified atom stereocenters.